The van der Waals surface area contributed by atoms with Crippen molar-refractivity contribution in [3.05, 3.63) is 0 Å². The van der Waals surface area contributed by atoms with E-state index in [0.29, 0.717) is 11.6 Å². The summed E-state index contributed by atoms with van der Waals surface area (Å²) in [6, 6.07) is 0.407. The van der Waals surface area contributed by atoms with E-state index in [1.165, 1.54) is 25.8 Å². The van der Waals surface area contributed by atoms with Crippen molar-refractivity contribution in [2.45, 2.75) is 51.6 Å². The highest BCUT2D eigenvalue weighted by Crippen LogP contribution is 2.22. The summed E-state index contributed by atoms with van der Waals surface area (Å²) in [6.07, 6.45) is 3.68. The van der Waals surface area contributed by atoms with Crippen LogP contribution >= 0.6 is 0 Å². The van der Waals surface area contributed by atoms with Crippen molar-refractivity contribution < 1.29 is 0 Å². The monoisotopic (exact) mass is 170 g/mol. The van der Waals surface area contributed by atoms with Crippen LogP contribution in [-0.2, 0) is 0 Å². The van der Waals surface area contributed by atoms with Crippen LogP contribution in [0.5, 0.6) is 0 Å². The topological polar surface area (TPSA) is 29.3 Å². The van der Waals surface area contributed by atoms with Gasteiger partial charge in [0, 0.05) is 18.1 Å². The molecule has 2 heteroatoms. The van der Waals surface area contributed by atoms with E-state index < -0.39 is 0 Å². The van der Waals surface area contributed by atoms with Gasteiger partial charge in [-0.3, -0.25) is 4.90 Å². The molecule has 12 heavy (non-hydrogen) atoms. The zero-order valence-corrected chi connectivity index (χ0v) is 8.64. The Morgan fingerprint density at radius 3 is 2.67 bits per heavy atom. The molecule has 0 saturated carbocycles. The van der Waals surface area contributed by atoms with Gasteiger partial charge >= 0.3 is 0 Å². The van der Waals surface area contributed by atoms with Gasteiger partial charge in [-0.15, -0.1) is 0 Å². The molecule has 1 aliphatic rings. The Morgan fingerprint density at radius 2 is 2.17 bits per heavy atom. The zero-order chi connectivity index (χ0) is 9.19. The molecule has 2 N–H and O–H groups in total. The van der Waals surface area contributed by atoms with Gasteiger partial charge in [0.1, 0.15) is 0 Å². The highest BCUT2D eigenvalue weighted by molar-refractivity contribution is 4.85. The van der Waals surface area contributed by atoms with Crippen molar-refractivity contribution in [1.29, 1.82) is 0 Å². The zero-order valence-electron chi connectivity index (χ0n) is 8.64. The van der Waals surface area contributed by atoms with Gasteiger partial charge in [-0.05, 0) is 39.7 Å². The first kappa shape index (κ1) is 10.0. The fourth-order valence-corrected chi connectivity index (χ4v) is 1.78. The Hall–Kier alpha value is -0.0800. The SMILES string of the molecule is CCC(C)(C)N1CCC[C@H](N)C1. The molecule has 0 spiro atoms. The number of nitrogens with two attached hydrogens (primary N) is 1. The van der Waals surface area contributed by atoms with Crippen LogP contribution in [0.15, 0.2) is 0 Å². The average Bonchev–Trinajstić information content (AvgIpc) is 2.05. The second kappa shape index (κ2) is 3.75. The van der Waals surface area contributed by atoms with E-state index in [1.807, 2.05) is 0 Å². The fraction of sp³-hybridized carbons (Fsp3) is 1.00. The lowest BCUT2D eigenvalue weighted by Gasteiger charge is -2.42. The molecule has 1 saturated heterocycles. The van der Waals surface area contributed by atoms with Crippen LogP contribution in [0.1, 0.15) is 40.0 Å². The number of piperidine rings is 1. The maximum Gasteiger partial charge on any atom is 0.0168 e. The minimum atomic E-state index is 0.345. The van der Waals surface area contributed by atoms with Crippen LogP contribution in [0.3, 0.4) is 0 Å². The lowest BCUT2D eigenvalue weighted by molar-refractivity contribution is 0.0827. The fourth-order valence-electron chi connectivity index (χ4n) is 1.78. The molecular formula is C10H22N2. The smallest absolute Gasteiger partial charge is 0.0168 e. The first-order valence-electron chi connectivity index (χ1n) is 5.07. The third kappa shape index (κ3) is 2.20. The normalized spacial score (nSPS) is 27.5. The Morgan fingerprint density at radius 1 is 1.50 bits per heavy atom. The van der Waals surface area contributed by atoms with Crippen LogP contribution in [0.2, 0.25) is 0 Å². The van der Waals surface area contributed by atoms with Crippen molar-refractivity contribution in [1.82, 2.24) is 4.90 Å². The van der Waals surface area contributed by atoms with Gasteiger partial charge in [0.15, 0.2) is 0 Å². The van der Waals surface area contributed by atoms with Gasteiger partial charge < -0.3 is 5.73 Å². The first-order valence-corrected chi connectivity index (χ1v) is 5.07. The quantitative estimate of drug-likeness (QED) is 0.682. The van der Waals surface area contributed by atoms with E-state index >= 15 is 0 Å². The molecule has 72 valence electrons. The molecule has 1 aliphatic heterocycles. The predicted molar refractivity (Wildman–Crippen MR) is 53.2 cm³/mol. The first-order chi connectivity index (χ1) is 5.56. The molecule has 0 radical (unpaired) electrons. The largest absolute Gasteiger partial charge is 0.327 e. The number of hydrogen-bond donors (Lipinski definition) is 1. The van der Waals surface area contributed by atoms with Gasteiger partial charge in [-0.2, -0.15) is 0 Å². The summed E-state index contributed by atoms with van der Waals surface area (Å²) in [7, 11) is 0. The number of likely N-dealkylation sites (tertiary alicyclic amines) is 1. The van der Waals surface area contributed by atoms with Crippen LogP contribution in [0.25, 0.3) is 0 Å². The van der Waals surface area contributed by atoms with E-state index in [9.17, 15) is 0 Å². The summed E-state index contributed by atoms with van der Waals surface area (Å²) >= 11 is 0. The van der Waals surface area contributed by atoms with Crippen LogP contribution in [-0.4, -0.2) is 29.6 Å². The lowest BCUT2D eigenvalue weighted by atomic mass is 9.94. The molecular weight excluding hydrogens is 148 g/mol. The van der Waals surface area contributed by atoms with Gasteiger partial charge in [0.2, 0.25) is 0 Å². The third-order valence-corrected chi connectivity index (χ3v) is 3.18. The summed E-state index contributed by atoms with van der Waals surface area (Å²) in [5, 5.41) is 0. The second-order valence-corrected chi connectivity index (χ2v) is 4.51. The lowest BCUT2D eigenvalue weighted by Crippen LogP contribution is -2.52. The van der Waals surface area contributed by atoms with E-state index in [-0.39, 0.29) is 0 Å². The number of nitrogens with zero attached hydrogens (tertiary/aromatic N) is 1. The van der Waals surface area contributed by atoms with Crippen molar-refractivity contribution >= 4 is 0 Å². The molecule has 0 aromatic rings. The summed E-state index contributed by atoms with van der Waals surface area (Å²) < 4.78 is 0. The maximum absolute atomic E-state index is 5.93. The number of hydrogen-bond acceptors (Lipinski definition) is 2. The van der Waals surface area contributed by atoms with E-state index in [4.69, 9.17) is 5.73 Å². The predicted octanol–water partition coefficient (Wildman–Crippen LogP) is 1.60. The third-order valence-electron chi connectivity index (χ3n) is 3.18. The van der Waals surface area contributed by atoms with E-state index in [1.54, 1.807) is 0 Å². The molecule has 0 bridgehead atoms. The van der Waals surface area contributed by atoms with Gasteiger partial charge in [-0.1, -0.05) is 6.92 Å². The second-order valence-electron chi connectivity index (χ2n) is 4.51. The molecule has 1 atom stereocenters. The Labute approximate surface area is 76.1 Å². The van der Waals surface area contributed by atoms with Gasteiger partial charge in [0.05, 0.1) is 0 Å². The van der Waals surface area contributed by atoms with Gasteiger partial charge in [-0.25, -0.2) is 0 Å². The van der Waals surface area contributed by atoms with E-state index in [0.717, 1.165) is 6.54 Å². The van der Waals surface area contributed by atoms with Crippen molar-refractivity contribution in [2.24, 2.45) is 5.73 Å². The standard InChI is InChI=1S/C10H22N2/c1-4-10(2,3)12-7-5-6-9(11)8-12/h9H,4-8,11H2,1-3H3/t9-/m0/s1. The minimum absolute atomic E-state index is 0.345. The van der Waals surface area contributed by atoms with Crippen LogP contribution < -0.4 is 5.73 Å². The summed E-state index contributed by atoms with van der Waals surface area (Å²) in [5.74, 6) is 0. The molecule has 2 nitrogen and oxygen atoms in total. The summed E-state index contributed by atoms with van der Waals surface area (Å²) in [5.41, 5.74) is 6.28. The highest BCUT2D eigenvalue weighted by atomic mass is 15.2. The highest BCUT2D eigenvalue weighted by Gasteiger charge is 2.28. The number of rotatable bonds is 2. The Balaban J connectivity index is 2.50. The summed E-state index contributed by atoms with van der Waals surface area (Å²) in [6.45, 7) is 9.19. The molecule has 0 amide bonds. The molecule has 0 unspecified atom stereocenters. The van der Waals surface area contributed by atoms with Crippen LogP contribution in [0.4, 0.5) is 0 Å². The van der Waals surface area contributed by atoms with Crippen molar-refractivity contribution in [2.75, 3.05) is 13.1 Å². The van der Waals surface area contributed by atoms with Crippen molar-refractivity contribution in [3.8, 4) is 0 Å². The average molecular weight is 170 g/mol. The molecule has 1 rings (SSSR count). The Kier molecular flexibility index (Phi) is 3.13. The maximum atomic E-state index is 5.93. The molecule has 1 heterocycles. The van der Waals surface area contributed by atoms with Gasteiger partial charge in [0.25, 0.3) is 0 Å². The minimum Gasteiger partial charge on any atom is -0.327 e. The van der Waals surface area contributed by atoms with Crippen LogP contribution in [0, 0.1) is 0 Å². The molecule has 0 aromatic carbocycles. The molecule has 0 aromatic heterocycles. The molecule has 1 fully saturated rings. The van der Waals surface area contributed by atoms with Crippen molar-refractivity contribution in [3.63, 3.8) is 0 Å². The van der Waals surface area contributed by atoms with E-state index in [2.05, 4.69) is 25.7 Å². The summed E-state index contributed by atoms with van der Waals surface area (Å²) in [4.78, 5) is 2.53. The molecule has 0 aliphatic carbocycles. The Bertz CT molecular complexity index is 143.